The molecule has 0 bridgehead atoms. The van der Waals surface area contributed by atoms with Crippen LogP contribution < -0.4 is 15.4 Å². The Kier molecular flexibility index (Phi) is 7.06. The molecule has 1 aromatic heterocycles. The van der Waals surface area contributed by atoms with E-state index in [0.29, 0.717) is 6.54 Å². The number of rotatable bonds is 8. The third-order valence-corrected chi connectivity index (χ3v) is 3.08. The Morgan fingerprint density at radius 3 is 2.37 bits per heavy atom. The van der Waals surface area contributed by atoms with Crippen LogP contribution in [0, 0.1) is 28.7 Å². The minimum Gasteiger partial charge on any atom is -0.485 e. The summed E-state index contributed by atoms with van der Waals surface area (Å²) in [4.78, 5) is 7.67. The average Bonchev–Trinajstić information content (AvgIpc) is 2.65. The maximum atomic E-state index is 13.6. The van der Waals surface area contributed by atoms with Crippen LogP contribution in [-0.2, 0) is 6.61 Å². The van der Waals surface area contributed by atoms with E-state index < -0.39 is 35.4 Å². The minimum atomic E-state index is -1.54. The van der Waals surface area contributed by atoms with Crippen LogP contribution in [0.3, 0.4) is 0 Å². The number of aliphatic hydroxyl groups is 1. The summed E-state index contributed by atoms with van der Waals surface area (Å²) >= 11 is 0. The first-order valence-corrected chi connectivity index (χ1v) is 7.55. The van der Waals surface area contributed by atoms with Crippen molar-refractivity contribution in [1.29, 1.82) is 5.41 Å². The van der Waals surface area contributed by atoms with Crippen LogP contribution in [0.2, 0.25) is 0 Å². The summed E-state index contributed by atoms with van der Waals surface area (Å²) in [5.74, 6) is -6.13. The second-order valence-electron chi connectivity index (χ2n) is 5.03. The maximum absolute atomic E-state index is 13.6. The zero-order chi connectivity index (χ0) is 19.8. The summed E-state index contributed by atoms with van der Waals surface area (Å²) in [6, 6.07) is 0.112. The molecular weight excluding hydrogens is 370 g/mol. The van der Waals surface area contributed by atoms with Crippen molar-refractivity contribution < 1.29 is 27.4 Å². The molecule has 4 N–H and O–H groups in total. The van der Waals surface area contributed by atoms with E-state index in [4.69, 9.17) is 15.3 Å². The van der Waals surface area contributed by atoms with Gasteiger partial charge in [0.05, 0.1) is 24.6 Å². The lowest BCUT2D eigenvalue weighted by Crippen LogP contribution is -2.14. The molecule has 0 radical (unpaired) electrons. The number of ether oxygens (including phenoxy) is 1. The van der Waals surface area contributed by atoms with Gasteiger partial charge in [-0.2, -0.15) is 0 Å². The van der Waals surface area contributed by atoms with E-state index in [-0.39, 0.29) is 30.2 Å². The number of amidine groups is 1. The molecule has 0 atom stereocenters. The van der Waals surface area contributed by atoms with Crippen molar-refractivity contribution >= 4 is 11.8 Å². The Morgan fingerprint density at radius 2 is 1.78 bits per heavy atom. The molecule has 0 fully saturated rings. The van der Waals surface area contributed by atoms with Crippen LogP contribution in [0.1, 0.15) is 5.56 Å². The van der Waals surface area contributed by atoms with E-state index in [1.165, 1.54) is 12.3 Å². The quantitative estimate of drug-likeness (QED) is 0.182. The molecular formula is C16H15F4N5O2. The van der Waals surface area contributed by atoms with E-state index in [1.807, 2.05) is 0 Å². The van der Waals surface area contributed by atoms with Gasteiger partial charge in [0.15, 0.2) is 29.0 Å². The van der Waals surface area contributed by atoms with Gasteiger partial charge in [0, 0.05) is 18.8 Å². The Hall–Kier alpha value is -3.21. The molecule has 144 valence electrons. The van der Waals surface area contributed by atoms with Crippen LogP contribution >= 0.6 is 0 Å². The molecule has 11 heteroatoms. The zero-order valence-electron chi connectivity index (χ0n) is 13.8. The van der Waals surface area contributed by atoms with Gasteiger partial charge < -0.3 is 20.5 Å². The molecule has 2 aromatic rings. The fourth-order valence-corrected chi connectivity index (χ4v) is 1.81. The SMILES string of the molecule is N=C(/C=C\NCCO)Nc1ncc(OCc2c(F)c(F)cc(F)c2F)cn1. The average molecular weight is 385 g/mol. The predicted molar refractivity (Wildman–Crippen MR) is 88.2 cm³/mol. The second kappa shape index (κ2) is 9.48. The summed E-state index contributed by atoms with van der Waals surface area (Å²) < 4.78 is 58.4. The van der Waals surface area contributed by atoms with Gasteiger partial charge in [-0.05, 0) is 6.08 Å². The first-order valence-electron chi connectivity index (χ1n) is 7.55. The summed E-state index contributed by atoms with van der Waals surface area (Å²) in [5.41, 5.74) is -0.892. The summed E-state index contributed by atoms with van der Waals surface area (Å²) in [5, 5.41) is 21.5. The number of aliphatic hydroxyl groups excluding tert-OH is 1. The van der Waals surface area contributed by atoms with Crippen molar-refractivity contribution in [3.8, 4) is 5.75 Å². The Labute approximate surface area is 151 Å². The van der Waals surface area contributed by atoms with Crippen molar-refractivity contribution in [3.63, 3.8) is 0 Å². The normalized spacial score (nSPS) is 10.9. The third kappa shape index (κ3) is 5.64. The molecule has 1 heterocycles. The first kappa shape index (κ1) is 20.1. The number of nitrogens with zero attached hydrogens (tertiary/aromatic N) is 2. The Morgan fingerprint density at radius 1 is 1.15 bits per heavy atom. The molecule has 0 aliphatic heterocycles. The fourth-order valence-electron chi connectivity index (χ4n) is 1.81. The summed E-state index contributed by atoms with van der Waals surface area (Å²) in [6.07, 6.45) is 5.13. The highest BCUT2D eigenvalue weighted by atomic mass is 19.2. The van der Waals surface area contributed by atoms with Gasteiger partial charge in [0.1, 0.15) is 12.4 Å². The molecule has 0 aliphatic carbocycles. The van der Waals surface area contributed by atoms with Gasteiger partial charge in [-0.3, -0.25) is 5.41 Å². The van der Waals surface area contributed by atoms with Crippen molar-refractivity contribution in [1.82, 2.24) is 15.3 Å². The van der Waals surface area contributed by atoms with Crippen LogP contribution in [0.5, 0.6) is 5.75 Å². The number of hydrogen-bond acceptors (Lipinski definition) is 6. The molecule has 7 nitrogen and oxygen atoms in total. The van der Waals surface area contributed by atoms with Gasteiger partial charge in [-0.1, -0.05) is 0 Å². The molecule has 0 saturated heterocycles. The van der Waals surface area contributed by atoms with Gasteiger partial charge in [0.25, 0.3) is 0 Å². The molecule has 1 aromatic carbocycles. The van der Waals surface area contributed by atoms with Crippen molar-refractivity contribution in [2.45, 2.75) is 6.61 Å². The molecule has 0 unspecified atom stereocenters. The monoisotopic (exact) mass is 385 g/mol. The topological polar surface area (TPSA) is 103 Å². The van der Waals surface area contributed by atoms with E-state index >= 15 is 0 Å². The highest BCUT2D eigenvalue weighted by Gasteiger charge is 2.19. The van der Waals surface area contributed by atoms with Gasteiger partial charge in [0.2, 0.25) is 5.95 Å². The maximum Gasteiger partial charge on any atom is 0.228 e. The fraction of sp³-hybridized carbons (Fsp3) is 0.188. The molecule has 0 aliphatic rings. The van der Waals surface area contributed by atoms with Gasteiger partial charge in [-0.15, -0.1) is 0 Å². The predicted octanol–water partition coefficient (Wildman–Crippen LogP) is 2.10. The zero-order valence-corrected chi connectivity index (χ0v) is 13.8. The highest BCUT2D eigenvalue weighted by molar-refractivity contribution is 6.00. The van der Waals surface area contributed by atoms with E-state index in [2.05, 4.69) is 20.6 Å². The molecule has 2 rings (SSSR count). The lowest BCUT2D eigenvalue weighted by molar-refractivity contribution is 0.283. The largest absolute Gasteiger partial charge is 0.485 e. The number of anilines is 1. The van der Waals surface area contributed by atoms with Crippen LogP contribution in [0.15, 0.2) is 30.7 Å². The van der Waals surface area contributed by atoms with Crippen LogP contribution in [0.25, 0.3) is 0 Å². The first-order chi connectivity index (χ1) is 12.9. The van der Waals surface area contributed by atoms with Gasteiger partial charge >= 0.3 is 0 Å². The number of halogens is 4. The van der Waals surface area contributed by atoms with Crippen LogP contribution in [-0.4, -0.2) is 34.1 Å². The molecule has 0 saturated carbocycles. The number of nitrogens with one attached hydrogen (secondary N) is 3. The summed E-state index contributed by atoms with van der Waals surface area (Å²) in [7, 11) is 0. The minimum absolute atomic E-state index is 0.00398. The number of hydrogen-bond donors (Lipinski definition) is 4. The standard InChI is InChI=1S/C16H15F4N5O2/c17-11-5-12(18)15(20)10(14(11)19)8-27-9-6-23-16(24-7-9)25-13(21)1-2-22-3-4-26/h1-2,5-7,22,26H,3-4,8H2,(H2,21,23,24,25)/b2-1-. The molecule has 0 spiro atoms. The van der Waals surface area contributed by atoms with E-state index in [9.17, 15) is 17.6 Å². The lowest BCUT2D eigenvalue weighted by Gasteiger charge is -2.09. The number of aromatic nitrogens is 2. The third-order valence-electron chi connectivity index (χ3n) is 3.08. The van der Waals surface area contributed by atoms with E-state index in [1.54, 1.807) is 0 Å². The Balaban J connectivity index is 1.95. The highest BCUT2D eigenvalue weighted by Crippen LogP contribution is 2.21. The molecule has 0 amide bonds. The second-order valence-corrected chi connectivity index (χ2v) is 5.03. The van der Waals surface area contributed by atoms with Gasteiger partial charge in [-0.25, -0.2) is 27.5 Å². The lowest BCUT2D eigenvalue weighted by atomic mass is 10.2. The smallest absolute Gasteiger partial charge is 0.228 e. The van der Waals surface area contributed by atoms with Crippen molar-refractivity contribution in [2.24, 2.45) is 0 Å². The number of benzene rings is 1. The van der Waals surface area contributed by atoms with Crippen molar-refractivity contribution in [2.75, 3.05) is 18.5 Å². The Bertz CT molecular complexity index is 804. The van der Waals surface area contributed by atoms with Crippen LogP contribution in [0.4, 0.5) is 23.5 Å². The summed E-state index contributed by atoms with van der Waals surface area (Å²) in [6.45, 7) is -0.480. The van der Waals surface area contributed by atoms with Crippen molar-refractivity contribution in [3.05, 3.63) is 59.6 Å². The molecule has 27 heavy (non-hydrogen) atoms. The van der Waals surface area contributed by atoms with E-state index in [0.717, 1.165) is 12.4 Å².